The van der Waals surface area contributed by atoms with E-state index in [1.54, 1.807) is 0 Å². The van der Waals surface area contributed by atoms with Gasteiger partial charge in [0.25, 0.3) is 0 Å². The molecule has 0 aromatic carbocycles. The van der Waals surface area contributed by atoms with Crippen LogP contribution in [0.25, 0.3) is 0 Å². The molecule has 0 saturated heterocycles. The van der Waals surface area contributed by atoms with E-state index in [1.165, 1.54) is 31.3 Å². The number of hydrogen-bond donors (Lipinski definition) is 0. The van der Waals surface area contributed by atoms with E-state index >= 15 is 0 Å². The SMILES string of the molecule is CC(C)=C[C@H]1C2=C(CC[C@H]1C)[C@H](C)CC2. The average molecular weight is 204 g/mol. The quantitative estimate of drug-likeness (QED) is 0.542. The molecule has 0 unspecified atom stereocenters. The molecule has 0 saturated carbocycles. The van der Waals surface area contributed by atoms with Gasteiger partial charge in [0.2, 0.25) is 0 Å². The molecule has 15 heavy (non-hydrogen) atoms. The summed E-state index contributed by atoms with van der Waals surface area (Å²) in [5.74, 6) is 2.51. The molecule has 84 valence electrons. The van der Waals surface area contributed by atoms with Gasteiger partial charge in [-0.25, -0.2) is 0 Å². The average Bonchev–Trinajstić information content (AvgIpc) is 2.52. The van der Waals surface area contributed by atoms with Crippen LogP contribution in [0, 0.1) is 17.8 Å². The molecule has 0 radical (unpaired) electrons. The highest BCUT2D eigenvalue weighted by Gasteiger charge is 2.32. The van der Waals surface area contributed by atoms with Crippen LogP contribution in [0.4, 0.5) is 0 Å². The fraction of sp³-hybridized carbons (Fsp3) is 0.733. The molecular formula is C15H24. The van der Waals surface area contributed by atoms with Gasteiger partial charge >= 0.3 is 0 Å². The molecule has 2 rings (SSSR count). The van der Waals surface area contributed by atoms with E-state index < -0.39 is 0 Å². The van der Waals surface area contributed by atoms with Crippen LogP contribution in [0.5, 0.6) is 0 Å². The molecular weight excluding hydrogens is 180 g/mol. The van der Waals surface area contributed by atoms with Crippen LogP contribution in [0.1, 0.15) is 53.4 Å². The van der Waals surface area contributed by atoms with Crippen molar-refractivity contribution in [3.63, 3.8) is 0 Å². The van der Waals surface area contributed by atoms with Crippen molar-refractivity contribution in [2.24, 2.45) is 17.8 Å². The Hall–Kier alpha value is -0.520. The summed E-state index contributed by atoms with van der Waals surface area (Å²) in [7, 11) is 0. The maximum atomic E-state index is 2.51. The summed E-state index contributed by atoms with van der Waals surface area (Å²) in [6, 6.07) is 0. The standard InChI is InChI=1S/C15H24/c1-10(2)9-15-12(4)5-7-13-11(3)6-8-14(13)15/h9,11-12,15H,5-8H2,1-4H3/t11-,12-,15-/m1/s1. The molecule has 0 nitrogen and oxygen atoms in total. The summed E-state index contributed by atoms with van der Waals surface area (Å²) in [5, 5.41) is 0. The minimum atomic E-state index is 0.767. The zero-order valence-electron chi connectivity index (χ0n) is 10.6. The third-order valence-corrected chi connectivity index (χ3v) is 4.25. The lowest BCUT2D eigenvalue weighted by Gasteiger charge is -2.30. The molecule has 0 aromatic heterocycles. The molecule has 3 atom stereocenters. The van der Waals surface area contributed by atoms with Gasteiger partial charge in [0.15, 0.2) is 0 Å². The van der Waals surface area contributed by atoms with Crippen molar-refractivity contribution in [2.75, 3.05) is 0 Å². The van der Waals surface area contributed by atoms with Crippen molar-refractivity contribution in [1.29, 1.82) is 0 Å². The molecule has 0 heteroatoms. The van der Waals surface area contributed by atoms with E-state index in [0.717, 1.165) is 17.8 Å². The number of allylic oxidation sites excluding steroid dienone is 4. The summed E-state index contributed by atoms with van der Waals surface area (Å²) >= 11 is 0. The minimum Gasteiger partial charge on any atom is -0.0798 e. The third-order valence-electron chi connectivity index (χ3n) is 4.25. The van der Waals surface area contributed by atoms with Gasteiger partial charge in [0.05, 0.1) is 0 Å². The lowest BCUT2D eigenvalue weighted by molar-refractivity contribution is 0.409. The van der Waals surface area contributed by atoms with Crippen molar-refractivity contribution in [3.05, 3.63) is 22.8 Å². The summed E-state index contributed by atoms with van der Waals surface area (Å²) in [6.07, 6.45) is 8.07. The van der Waals surface area contributed by atoms with Gasteiger partial charge in [-0.1, -0.05) is 36.6 Å². The van der Waals surface area contributed by atoms with Crippen LogP contribution < -0.4 is 0 Å². The van der Waals surface area contributed by atoms with Crippen LogP contribution in [-0.2, 0) is 0 Å². The maximum absolute atomic E-state index is 2.51. The van der Waals surface area contributed by atoms with Gasteiger partial charge in [-0.05, 0) is 51.4 Å². The van der Waals surface area contributed by atoms with Crippen LogP contribution in [0.2, 0.25) is 0 Å². The second-order valence-electron chi connectivity index (χ2n) is 5.78. The van der Waals surface area contributed by atoms with Gasteiger partial charge < -0.3 is 0 Å². The molecule has 0 N–H and O–H groups in total. The molecule has 0 heterocycles. The second-order valence-corrected chi connectivity index (χ2v) is 5.78. The molecule has 2 aliphatic rings. The Morgan fingerprint density at radius 3 is 2.40 bits per heavy atom. The van der Waals surface area contributed by atoms with E-state index in [0.29, 0.717) is 0 Å². The summed E-state index contributed by atoms with van der Waals surface area (Å²) in [5.41, 5.74) is 5.11. The highest BCUT2D eigenvalue weighted by molar-refractivity contribution is 5.31. The van der Waals surface area contributed by atoms with E-state index in [4.69, 9.17) is 0 Å². The first-order valence-corrected chi connectivity index (χ1v) is 6.46. The van der Waals surface area contributed by atoms with Gasteiger partial charge in [-0.3, -0.25) is 0 Å². The van der Waals surface area contributed by atoms with Crippen LogP contribution in [0.15, 0.2) is 22.8 Å². The molecule has 0 amide bonds. The predicted molar refractivity (Wildman–Crippen MR) is 66.7 cm³/mol. The van der Waals surface area contributed by atoms with Crippen LogP contribution >= 0.6 is 0 Å². The summed E-state index contributed by atoms with van der Waals surface area (Å²) in [4.78, 5) is 0. The first-order chi connectivity index (χ1) is 7.09. The smallest absolute Gasteiger partial charge is 0.000775 e. The normalized spacial score (nSPS) is 35.3. The predicted octanol–water partition coefficient (Wildman–Crippen LogP) is 4.73. The van der Waals surface area contributed by atoms with Crippen molar-refractivity contribution < 1.29 is 0 Å². The van der Waals surface area contributed by atoms with Gasteiger partial charge in [-0.2, -0.15) is 0 Å². The van der Waals surface area contributed by atoms with E-state index in [2.05, 4.69) is 33.8 Å². The largest absolute Gasteiger partial charge is 0.0798 e. The fourth-order valence-corrected chi connectivity index (χ4v) is 3.34. The number of rotatable bonds is 1. The van der Waals surface area contributed by atoms with E-state index in [1.807, 2.05) is 11.1 Å². The Kier molecular flexibility index (Phi) is 3.04. The summed E-state index contributed by atoms with van der Waals surface area (Å²) in [6.45, 7) is 9.31. The Bertz CT molecular complexity index is 302. The lowest BCUT2D eigenvalue weighted by atomic mass is 9.75. The molecule has 0 spiro atoms. The monoisotopic (exact) mass is 204 g/mol. The van der Waals surface area contributed by atoms with Crippen molar-refractivity contribution in [2.45, 2.75) is 53.4 Å². The Morgan fingerprint density at radius 1 is 1.07 bits per heavy atom. The Labute approximate surface area is 94.5 Å². The Morgan fingerprint density at radius 2 is 1.73 bits per heavy atom. The van der Waals surface area contributed by atoms with Crippen LogP contribution in [0.3, 0.4) is 0 Å². The zero-order chi connectivity index (χ0) is 11.0. The maximum Gasteiger partial charge on any atom is 0.000775 e. The fourth-order valence-electron chi connectivity index (χ4n) is 3.34. The molecule has 0 fully saturated rings. The minimum absolute atomic E-state index is 0.767. The highest BCUT2D eigenvalue weighted by Crippen LogP contribution is 2.46. The van der Waals surface area contributed by atoms with Crippen molar-refractivity contribution in [1.82, 2.24) is 0 Å². The topological polar surface area (TPSA) is 0 Å². The molecule has 0 aromatic rings. The highest BCUT2D eigenvalue weighted by atomic mass is 14.4. The van der Waals surface area contributed by atoms with Gasteiger partial charge in [0, 0.05) is 5.92 Å². The van der Waals surface area contributed by atoms with Gasteiger partial charge in [-0.15, -0.1) is 0 Å². The molecule has 0 aliphatic heterocycles. The van der Waals surface area contributed by atoms with Gasteiger partial charge in [0.1, 0.15) is 0 Å². The molecule has 0 bridgehead atoms. The van der Waals surface area contributed by atoms with E-state index in [9.17, 15) is 0 Å². The third kappa shape index (κ3) is 2.04. The van der Waals surface area contributed by atoms with Crippen molar-refractivity contribution in [3.8, 4) is 0 Å². The number of hydrogen-bond acceptors (Lipinski definition) is 0. The summed E-state index contributed by atoms with van der Waals surface area (Å²) < 4.78 is 0. The lowest BCUT2D eigenvalue weighted by Crippen LogP contribution is -2.18. The Balaban J connectivity index is 2.30. The first-order valence-electron chi connectivity index (χ1n) is 6.46. The second kappa shape index (κ2) is 4.15. The first kappa shape index (κ1) is 11.0. The van der Waals surface area contributed by atoms with Crippen molar-refractivity contribution >= 4 is 0 Å². The van der Waals surface area contributed by atoms with E-state index in [-0.39, 0.29) is 0 Å². The molecule has 2 aliphatic carbocycles. The zero-order valence-corrected chi connectivity index (χ0v) is 10.6. The van der Waals surface area contributed by atoms with Crippen LogP contribution in [-0.4, -0.2) is 0 Å².